The molecule has 0 amide bonds. The Morgan fingerprint density at radius 3 is 2.12 bits per heavy atom. The summed E-state index contributed by atoms with van der Waals surface area (Å²) >= 11 is 5.83. The Morgan fingerprint density at radius 1 is 0.941 bits per heavy atom. The van der Waals surface area contributed by atoms with Crippen molar-refractivity contribution in [1.29, 1.82) is 0 Å². The lowest BCUT2D eigenvalue weighted by Gasteiger charge is -2.13. The Morgan fingerprint density at radius 2 is 1.53 bits per heavy atom. The first-order chi connectivity index (χ1) is 8.08. The van der Waals surface area contributed by atoms with Crippen LogP contribution in [0.2, 0.25) is 5.02 Å². The molecule has 0 radical (unpaired) electrons. The fourth-order valence-electron chi connectivity index (χ4n) is 1.55. The SMILES string of the molecule is OC(c1ccc(F)cc1)c1ccc(F)cc1Cl. The van der Waals surface area contributed by atoms with Crippen molar-refractivity contribution in [1.82, 2.24) is 0 Å². The molecule has 4 heteroatoms. The fourth-order valence-corrected chi connectivity index (χ4v) is 1.82. The molecule has 1 unspecified atom stereocenters. The molecule has 2 aromatic carbocycles. The van der Waals surface area contributed by atoms with Crippen LogP contribution in [0.3, 0.4) is 0 Å². The predicted molar refractivity (Wildman–Crippen MR) is 61.9 cm³/mol. The van der Waals surface area contributed by atoms with Crippen molar-refractivity contribution in [2.45, 2.75) is 6.10 Å². The number of halogens is 3. The van der Waals surface area contributed by atoms with Crippen molar-refractivity contribution in [3.63, 3.8) is 0 Å². The van der Waals surface area contributed by atoms with E-state index in [4.69, 9.17) is 11.6 Å². The maximum absolute atomic E-state index is 12.9. The summed E-state index contributed by atoms with van der Waals surface area (Å²) < 4.78 is 25.6. The highest BCUT2D eigenvalue weighted by atomic mass is 35.5. The van der Waals surface area contributed by atoms with Gasteiger partial charge in [0, 0.05) is 10.6 Å². The minimum Gasteiger partial charge on any atom is -0.384 e. The van der Waals surface area contributed by atoms with E-state index in [-0.39, 0.29) is 10.8 Å². The van der Waals surface area contributed by atoms with Gasteiger partial charge in [0.1, 0.15) is 17.7 Å². The average molecular weight is 255 g/mol. The molecule has 2 aromatic rings. The molecule has 0 aliphatic carbocycles. The van der Waals surface area contributed by atoms with Gasteiger partial charge in [-0.3, -0.25) is 0 Å². The summed E-state index contributed by atoms with van der Waals surface area (Å²) in [7, 11) is 0. The van der Waals surface area contributed by atoms with Crippen molar-refractivity contribution < 1.29 is 13.9 Å². The number of aliphatic hydroxyl groups is 1. The average Bonchev–Trinajstić information content (AvgIpc) is 2.29. The highest BCUT2D eigenvalue weighted by molar-refractivity contribution is 6.31. The lowest BCUT2D eigenvalue weighted by Crippen LogP contribution is -2.00. The van der Waals surface area contributed by atoms with Crippen LogP contribution in [0.25, 0.3) is 0 Å². The van der Waals surface area contributed by atoms with Crippen LogP contribution in [0.15, 0.2) is 42.5 Å². The molecule has 17 heavy (non-hydrogen) atoms. The van der Waals surface area contributed by atoms with Gasteiger partial charge in [0.15, 0.2) is 0 Å². The summed E-state index contributed by atoms with van der Waals surface area (Å²) in [6, 6.07) is 9.16. The third-order valence-corrected chi connectivity index (χ3v) is 2.77. The van der Waals surface area contributed by atoms with E-state index in [9.17, 15) is 13.9 Å². The van der Waals surface area contributed by atoms with Gasteiger partial charge < -0.3 is 5.11 Å². The second kappa shape index (κ2) is 4.82. The Bertz CT molecular complexity index is 525. The van der Waals surface area contributed by atoms with Crippen LogP contribution < -0.4 is 0 Å². The van der Waals surface area contributed by atoms with E-state index < -0.39 is 11.9 Å². The molecule has 0 aliphatic rings. The van der Waals surface area contributed by atoms with E-state index in [1.807, 2.05) is 0 Å². The highest BCUT2D eigenvalue weighted by Gasteiger charge is 2.14. The topological polar surface area (TPSA) is 20.2 Å². The fraction of sp³-hybridized carbons (Fsp3) is 0.0769. The third kappa shape index (κ3) is 2.62. The molecule has 2 rings (SSSR count). The second-order valence-electron chi connectivity index (χ2n) is 3.62. The molecule has 1 nitrogen and oxygen atoms in total. The maximum Gasteiger partial charge on any atom is 0.124 e. The van der Waals surface area contributed by atoms with Crippen LogP contribution in [-0.2, 0) is 0 Å². The zero-order valence-electron chi connectivity index (χ0n) is 8.70. The van der Waals surface area contributed by atoms with Gasteiger partial charge in [-0.2, -0.15) is 0 Å². The van der Waals surface area contributed by atoms with Crippen LogP contribution in [0, 0.1) is 11.6 Å². The van der Waals surface area contributed by atoms with Crippen LogP contribution in [-0.4, -0.2) is 5.11 Å². The Labute approximate surface area is 102 Å². The quantitative estimate of drug-likeness (QED) is 0.866. The molecular weight excluding hydrogens is 246 g/mol. The number of hydrogen-bond donors (Lipinski definition) is 1. The maximum atomic E-state index is 12.9. The second-order valence-corrected chi connectivity index (χ2v) is 4.03. The summed E-state index contributed by atoms with van der Waals surface area (Å²) in [6.45, 7) is 0. The Kier molecular flexibility index (Phi) is 3.41. The molecule has 1 N–H and O–H groups in total. The van der Waals surface area contributed by atoms with E-state index in [1.165, 1.54) is 36.4 Å². The molecule has 0 fully saturated rings. The summed E-state index contributed by atoms with van der Waals surface area (Å²) in [5.74, 6) is -0.851. The number of benzene rings is 2. The van der Waals surface area contributed by atoms with E-state index in [0.29, 0.717) is 11.1 Å². The largest absolute Gasteiger partial charge is 0.384 e. The zero-order chi connectivity index (χ0) is 12.4. The summed E-state index contributed by atoms with van der Waals surface area (Å²) in [5, 5.41) is 10.2. The molecule has 0 aliphatic heterocycles. The van der Waals surface area contributed by atoms with Gasteiger partial charge in [-0.1, -0.05) is 29.8 Å². The molecule has 0 spiro atoms. The molecular formula is C13H9ClF2O. The van der Waals surface area contributed by atoms with Crippen LogP contribution in [0.4, 0.5) is 8.78 Å². The summed E-state index contributed by atoms with van der Waals surface area (Å²) in [4.78, 5) is 0. The summed E-state index contributed by atoms with van der Waals surface area (Å²) in [6.07, 6.45) is -0.997. The van der Waals surface area contributed by atoms with E-state index in [1.54, 1.807) is 0 Å². The van der Waals surface area contributed by atoms with Crippen molar-refractivity contribution in [3.05, 3.63) is 70.2 Å². The van der Waals surface area contributed by atoms with Gasteiger partial charge in [0.25, 0.3) is 0 Å². The lowest BCUT2D eigenvalue weighted by atomic mass is 10.0. The highest BCUT2D eigenvalue weighted by Crippen LogP contribution is 2.28. The summed E-state index contributed by atoms with van der Waals surface area (Å²) in [5.41, 5.74) is 0.889. The number of rotatable bonds is 2. The van der Waals surface area contributed by atoms with Gasteiger partial charge in [-0.25, -0.2) is 8.78 Å². The van der Waals surface area contributed by atoms with Crippen LogP contribution in [0.1, 0.15) is 17.2 Å². The molecule has 1 atom stereocenters. The Balaban J connectivity index is 2.36. The van der Waals surface area contributed by atoms with Crippen LogP contribution >= 0.6 is 11.6 Å². The lowest BCUT2D eigenvalue weighted by molar-refractivity contribution is 0.220. The Hall–Kier alpha value is -1.45. The van der Waals surface area contributed by atoms with Gasteiger partial charge >= 0.3 is 0 Å². The minimum atomic E-state index is -0.997. The standard InChI is InChI=1S/C13H9ClF2O/c14-12-7-10(16)5-6-11(12)13(17)8-1-3-9(15)4-2-8/h1-7,13,17H. The molecule has 0 saturated heterocycles. The molecule has 0 bridgehead atoms. The van der Waals surface area contributed by atoms with Gasteiger partial charge in [0.05, 0.1) is 0 Å². The van der Waals surface area contributed by atoms with Gasteiger partial charge in [-0.15, -0.1) is 0 Å². The van der Waals surface area contributed by atoms with E-state index >= 15 is 0 Å². The van der Waals surface area contributed by atoms with Gasteiger partial charge in [0.2, 0.25) is 0 Å². The van der Waals surface area contributed by atoms with Crippen molar-refractivity contribution >= 4 is 11.6 Å². The van der Waals surface area contributed by atoms with Crippen LogP contribution in [0.5, 0.6) is 0 Å². The van der Waals surface area contributed by atoms with Gasteiger partial charge in [-0.05, 0) is 29.8 Å². The minimum absolute atomic E-state index is 0.141. The first-order valence-corrected chi connectivity index (χ1v) is 5.34. The molecule has 88 valence electrons. The van der Waals surface area contributed by atoms with Crippen molar-refractivity contribution in [2.75, 3.05) is 0 Å². The number of aliphatic hydroxyl groups excluding tert-OH is 1. The molecule has 0 saturated carbocycles. The normalized spacial score (nSPS) is 12.5. The number of hydrogen-bond acceptors (Lipinski definition) is 1. The van der Waals surface area contributed by atoms with Crippen molar-refractivity contribution in [3.8, 4) is 0 Å². The van der Waals surface area contributed by atoms with E-state index in [0.717, 1.165) is 6.07 Å². The first kappa shape index (κ1) is 12.0. The third-order valence-electron chi connectivity index (χ3n) is 2.44. The zero-order valence-corrected chi connectivity index (χ0v) is 9.46. The first-order valence-electron chi connectivity index (χ1n) is 4.96. The smallest absolute Gasteiger partial charge is 0.124 e. The van der Waals surface area contributed by atoms with Crippen molar-refractivity contribution in [2.24, 2.45) is 0 Å². The molecule has 0 aromatic heterocycles. The van der Waals surface area contributed by atoms with E-state index in [2.05, 4.69) is 0 Å². The monoisotopic (exact) mass is 254 g/mol. The predicted octanol–water partition coefficient (Wildman–Crippen LogP) is 3.70. The molecule has 0 heterocycles.